The zero-order chi connectivity index (χ0) is 10.1. The van der Waals surface area contributed by atoms with Crippen molar-refractivity contribution < 1.29 is 9.53 Å². The Kier molecular flexibility index (Phi) is 7.69. The molecule has 0 aromatic rings. The van der Waals surface area contributed by atoms with Crippen molar-refractivity contribution in [2.24, 2.45) is 5.73 Å². The van der Waals surface area contributed by atoms with Gasteiger partial charge in [-0.15, -0.1) is 0 Å². The van der Waals surface area contributed by atoms with Crippen molar-refractivity contribution in [2.45, 2.75) is 52.1 Å². The molecular weight excluding hydrogens is 166 g/mol. The maximum absolute atomic E-state index is 10.7. The third kappa shape index (κ3) is 7.78. The van der Waals surface area contributed by atoms with Crippen LogP contribution in [0, 0.1) is 0 Å². The summed E-state index contributed by atoms with van der Waals surface area (Å²) in [6, 6.07) is 0. The molecule has 78 valence electrons. The molecule has 3 nitrogen and oxygen atoms in total. The van der Waals surface area contributed by atoms with E-state index in [1.807, 2.05) is 0 Å². The van der Waals surface area contributed by atoms with Gasteiger partial charge < -0.3 is 10.5 Å². The van der Waals surface area contributed by atoms with Crippen LogP contribution in [0.25, 0.3) is 0 Å². The third-order valence-corrected chi connectivity index (χ3v) is 1.89. The van der Waals surface area contributed by atoms with Gasteiger partial charge in [0.05, 0.1) is 12.5 Å². The van der Waals surface area contributed by atoms with Gasteiger partial charge in [0.2, 0.25) is 5.91 Å². The lowest BCUT2D eigenvalue weighted by atomic mass is 10.1. The van der Waals surface area contributed by atoms with E-state index in [-0.39, 0.29) is 12.0 Å². The highest BCUT2D eigenvalue weighted by Crippen LogP contribution is 2.07. The number of carbonyl (C=O) groups is 1. The molecule has 1 atom stereocenters. The summed E-state index contributed by atoms with van der Waals surface area (Å²) in [5.74, 6) is -0.269. The lowest BCUT2D eigenvalue weighted by Gasteiger charge is -2.14. The molecule has 0 fully saturated rings. The first-order valence-corrected chi connectivity index (χ1v) is 5.10. The SMILES string of the molecule is CCCCOC(CCC)CC(N)=O. The maximum atomic E-state index is 10.7. The summed E-state index contributed by atoms with van der Waals surface area (Å²) in [4.78, 5) is 10.7. The van der Waals surface area contributed by atoms with Crippen LogP contribution in [-0.4, -0.2) is 18.6 Å². The molecule has 0 saturated heterocycles. The fourth-order valence-electron chi connectivity index (χ4n) is 1.19. The summed E-state index contributed by atoms with van der Waals surface area (Å²) in [6.45, 7) is 4.94. The zero-order valence-electron chi connectivity index (χ0n) is 8.71. The summed E-state index contributed by atoms with van der Waals surface area (Å²) in [5.41, 5.74) is 5.11. The molecule has 0 aromatic heterocycles. The van der Waals surface area contributed by atoms with Gasteiger partial charge in [0, 0.05) is 6.61 Å². The first-order chi connectivity index (χ1) is 6.20. The minimum absolute atomic E-state index is 0.0362. The third-order valence-electron chi connectivity index (χ3n) is 1.89. The van der Waals surface area contributed by atoms with Gasteiger partial charge in [-0.1, -0.05) is 26.7 Å². The first-order valence-electron chi connectivity index (χ1n) is 5.10. The smallest absolute Gasteiger partial charge is 0.220 e. The number of hydrogen-bond acceptors (Lipinski definition) is 2. The van der Waals surface area contributed by atoms with Crippen LogP contribution in [0.2, 0.25) is 0 Å². The van der Waals surface area contributed by atoms with Crippen LogP contribution in [0.4, 0.5) is 0 Å². The van der Waals surface area contributed by atoms with E-state index in [9.17, 15) is 4.79 Å². The summed E-state index contributed by atoms with van der Waals surface area (Å²) in [7, 11) is 0. The molecule has 0 aliphatic rings. The van der Waals surface area contributed by atoms with E-state index >= 15 is 0 Å². The number of primary amides is 1. The van der Waals surface area contributed by atoms with E-state index in [4.69, 9.17) is 10.5 Å². The maximum Gasteiger partial charge on any atom is 0.220 e. The summed E-state index contributed by atoms with van der Waals surface area (Å²) < 4.78 is 5.53. The molecule has 0 aromatic carbocycles. The Morgan fingerprint density at radius 1 is 1.38 bits per heavy atom. The molecule has 1 unspecified atom stereocenters. The fraction of sp³-hybridized carbons (Fsp3) is 0.900. The number of carbonyl (C=O) groups excluding carboxylic acids is 1. The number of rotatable bonds is 8. The van der Waals surface area contributed by atoms with E-state index in [0.717, 1.165) is 32.3 Å². The Labute approximate surface area is 80.6 Å². The minimum atomic E-state index is -0.269. The lowest BCUT2D eigenvalue weighted by Crippen LogP contribution is -2.23. The van der Waals surface area contributed by atoms with Crippen LogP contribution in [0.15, 0.2) is 0 Å². The van der Waals surface area contributed by atoms with E-state index in [2.05, 4.69) is 13.8 Å². The quantitative estimate of drug-likeness (QED) is 0.589. The van der Waals surface area contributed by atoms with Crippen LogP contribution in [0.1, 0.15) is 46.0 Å². The highest BCUT2D eigenvalue weighted by Gasteiger charge is 2.10. The van der Waals surface area contributed by atoms with Gasteiger partial charge >= 0.3 is 0 Å². The fourth-order valence-corrected chi connectivity index (χ4v) is 1.19. The molecule has 0 bridgehead atoms. The average molecular weight is 187 g/mol. The van der Waals surface area contributed by atoms with E-state index in [0.29, 0.717) is 6.42 Å². The van der Waals surface area contributed by atoms with Crippen molar-refractivity contribution in [3.05, 3.63) is 0 Å². The van der Waals surface area contributed by atoms with Gasteiger partial charge in [0.1, 0.15) is 0 Å². The second-order valence-corrected chi connectivity index (χ2v) is 3.31. The summed E-state index contributed by atoms with van der Waals surface area (Å²) in [6.07, 6.45) is 4.52. The van der Waals surface area contributed by atoms with Crippen LogP contribution in [-0.2, 0) is 9.53 Å². The van der Waals surface area contributed by atoms with Gasteiger partial charge in [0.15, 0.2) is 0 Å². The Balaban J connectivity index is 3.59. The van der Waals surface area contributed by atoms with Crippen molar-refractivity contribution in [3.63, 3.8) is 0 Å². The largest absolute Gasteiger partial charge is 0.378 e. The van der Waals surface area contributed by atoms with E-state index < -0.39 is 0 Å². The predicted molar refractivity (Wildman–Crippen MR) is 53.4 cm³/mol. The number of ether oxygens (including phenoxy) is 1. The van der Waals surface area contributed by atoms with E-state index in [1.165, 1.54) is 0 Å². The molecule has 0 heterocycles. The predicted octanol–water partition coefficient (Wildman–Crippen LogP) is 1.85. The van der Waals surface area contributed by atoms with Crippen LogP contribution >= 0.6 is 0 Å². The van der Waals surface area contributed by atoms with Crippen LogP contribution in [0.3, 0.4) is 0 Å². The topological polar surface area (TPSA) is 52.3 Å². The Bertz CT molecular complexity index is 137. The standard InChI is InChI=1S/C10H21NO2/c1-3-5-7-13-9(6-4-2)8-10(11)12/h9H,3-8H2,1-2H3,(H2,11,12). The van der Waals surface area contributed by atoms with Crippen molar-refractivity contribution >= 4 is 5.91 Å². The molecule has 1 amide bonds. The molecule has 0 saturated carbocycles. The molecule has 0 rings (SSSR count). The van der Waals surface area contributed by atoms with Crippen molar-refractivity contribution in [1.82, 2.24) is 0 Å². The molecule has 13 heavy (non-hydrogen) atoms. The highest BCUT2D eigenvalue weighted by molar-refractivity contribution is 5.74. The average Bonchev–Trinajstić information content (AvgIpc) is 2.04. The van der Waals surface area contributed by atoms with Gasteiger partial charge in [-0.05, 0) is 12.8 Å². The Morgan fingerprint density at radius 2 is 2.08 bits per heavy atom. The van der Waals surface area contributed by atoms with Crippen LogP contribution < -0.4 is 5.73 Å². The molecule has 0 spiro atoms. The highest BCUT2D eigenvalue weighted by atomic mass is 16.5. The van der Waals surface area contributed by atoms with Crippen molar-refractivity contribution in [2.75, 3.05) is 6.61 Å². The Hall–Kier alpha value is -0.570. The van der Waals surface area contributed by atoms with Gasteiger partial charge in [0.25, 0.3) is 0 Å². The van der Waals surface area contributed by atoms with E-state index in [1.54, 1.807) is 0 Å². The first kappa shape index (κ1) is 12.4. The monoisotopic (exact) mass is 187 g/mol. The lowest BCUT2D eigenvalue weighted by molar-refractivity contribution is -0.121. The van der Waals surface area contributed by atoms with Crippen molar-refractivity contribution in [1.29, 1.82) is 0 Å². The molecule has 0 aliphatic heterocycles. The van der Waals surface area contributed by atoms with Crippen molar-refractivity contribution in [3.8, 4) is 0 Å². The van der Waals surface area contributed by atoms with Gasteiger partial charge in [-0.25, -0.2) is 0 Å². The molecule has 3 heteroatoms. The second-order valence-electron chi connectivity index (χ2n) is 3.31. The second kappa shape index (κ2) is 8.05. The number of unbranched alkanes of at least 4 members (excludes halogenated alkanes) is 1. The van der Waals surface area contributed by atoms with Crippen LogP contribution in [0.5, 0.6) is 0 Å². The summed E-state index contributed by atoms with van der Waals surface area (Å²) in [5, 5.41) is 0. The summed E-state index contributed by atoms with van der Waals surface area (Å²) >= 11 is 0. The van der Waals surface area contributed by atoms with Gasteiger partial charge in [-0.2, -0.15) is 0 Å². The molecule has 0 radical (unpaired) electrons. The zero-order valence-corrected chi connectivity index (χ0v) is 8.71. The number of nitrogens with two attached hydrogens (primary N) is 1. The number of hydrogen-bond donors (Lipinski definition) is 1. The normalized spacial score (nSPS) is 12.8. The molecule has 2 N–H and O–H groups in total. The Morgan fingerprint density at radius 3 is 2.54 bits per heavy atom. The molecular formula is C10H21NO2. The molecule has 0 aliphatic carbocycles. The minimum Gasteiger partial charge on any atom is -0.378 e. The number of amides is 1. The van der Waals surface area contributed by atoms with Gasteiger partial charge in [-0.3, -0.25) is 4.79 Å².